The largest absolute Gasteiger partial charge is 0.416 e. The van der Waals surface area contributed by atoms with E-state index in [1.807, 2.05) is 0 Å². The topological polar surface area (TPSA) is 59.1 Å². The zero-order valence-electron chi connectivity index (χ0n) is 12.8. The van der Waals surface area contributed by atoms with Crippen LogP contribution in [0.4, 0.5) is 30.5 Å². The molecular weight excluding hydrogens is 321 g/mol. The molecule has 2 aromatic rings. The highest BCUT2D eigenvalue weighted by Gasteiger charge is 2.30. The summed E-state index contributed by atoms with van der Waals surface area (Å²) in [6.07, 6.45) is -0.795. The van der Waals surface area contributed by atoms with Crippen LogP contribution in [-0.4, -0.2) is 29.2 Å². The lowest BCUT2D eigenvalue weighted by Crippen LogP contribution is -2.19. The fraction of sp³-hybridized carbons (Fsp3) is 0.375. The lowest BCUT2D eigenvalue weighted by molar-refractivity contribution is -0.137. The Labute approximate surface area is 137 Å². The van der Waals surface area contributed by atoms with Gasteiger partial charge in [-0.3, -0.25) is 0 Å². The summed E-state index contributed by atoms with van der Waals surface area (Å²) in [4.78, 5) is 8.13. The van der Waals surface area contributed by atoms with Gasteiger partial charge in [0.1, 0.15) is 18.0 Å². The summed E-state index contributed by atoms with van der Waals surface area (Å²) in [7, 11) is 0. The smallest absolute Gasteiger partial charge is 0.376 e. The Morgan fingerprint density at radius 2 is 2.00 bits per heavy atom. The van der Waals surface area contributed by atoms with Crippen LogP contribution < -0.4 is 10.6 Å². The predicted octanol–water partition coefficient (Wildman–Crippen LogP) is 3.83. The maximum atomic E-state index is 12.7. The molecular formula is C16H17F3N4O. The van der Waals surface area contributed by atoms with E-state index in [-0.39, 0.29) is 6.10 Å². The fourth-order valence-electron chi connectivity index (χ4n) is 2.47. The molecule has 0 bridgehead atoms. The summed E-state index contributed by atoms with van der Waals surface area (Å²) in [5, 5.41) is 6.01. The van der Waals surface area contributed by atoms with E-state index in [9.17, 15) is 13.2 Å². The van der Waals surface area contributed by atoms with Gasteiger partial charge in [-0.15, -0.1) is 0 Å². The van der Waals surface area contributed by atoms with Crippen molar-refractivity contribution < 1.29 is 17.9 Å². The van der Waals surface area contributed by atoms with Crippen LogP contribution in [0.3, 0.4) is 0 Å². The van der Waals surface area contributed by atoms with Crippen molar-refractivity contribution in [3.63, 3.8) is 0 Å². The molecule has 1 aromatic carbocycles. The molecule has 2 N–H and O–H groups in total. The van der Waals surface area contributed by atoms with Crippen molar-refractivity contribution in [1.29, 1.82) is 0 Å². The van der Waals surface area contributed by atoms with E-state index >= 15 is 0 Å². The Morgan fingerprint density at radius 3 is 2.75 bits per heavy atom. The van der Waals surface area contributed by atoms with Crippen LogP contribution >= 0.6 is 0 Å². The molecule has 1 saturated heterocycles. The molecule has 0 radical (unpaired) electrons. The molecule has 1 aliphatic rings. The fourth-order valence-corrected chi connectivity index (χ4v) is 2.47. The number of hydrogen-bond acceptors (Lipinski definition) is 5. The number of rotatable bonds is 5. The van der Waals surface area contributed by atoms with Gasteiger partial charge in [-0.25, -0.2) is 9.97 Å². The Morgan fingerprint density at radius 1 is 1.17 bits per heavy atom. The Kier molecular flexibility index (Phi) is 4.84. The van der Waals surface area contributed by atoms with Gasteiger partial charge in [-0.1, -0.05) is 6.07 Å². The van der Waals surface area contributed by atoms with Crippen LogP contribution in [0.5, 0.6) is 0 Å². The summed E-state index contributed by atoms with van der Waals surface area (Å²) in [5.74, 6) is 1.01. The van der Waals surface area contributed by atoms with Crippen LogP contribution in [0.1, 0.15) is 18.4 Å². The molecule has 2 heterocycles. The van der Waals surface area contributed by atoms with Crippen molar-refractivity contribution in [3.8, 4) is 0 Å². The summed E-state index contributed by atoms with van der Waals surface area (Å²) < 4.78 is 43.7. The van der Waals surface area contributed by atoms with Crippen molar-refractivity contribution in [2.24, 2.45) is 0 Å². The highest BCUT2D eigenvalue weighted by atomic mass is 19.4. The van der Waals surface area contributed by atoms with Gasteiger partial charge < -0.3 is 15.4 Å². The summed E-state index contributed by atoms with van der Waals surface area (Å²) in [6, 6.07) is 6.62. The molecule has 8 heteroatoms. The van der Waals surface area contributed by atoms with E-state index in [0.29, 0.717) is 23.9 Å². The summed E-state index contributed by atoms with van der Waals surface area (Å²) in [6.45, 7) is 1.42. The molecule has 5 nitrogen and oxygen atoms in total. The number of aromatic nitrogens is 2. The number of nitrogens with one attached hydrogen (secondary N) is 2. The monoisotopic (exact) mass is 338 g/mol. The summed E-state index contributed by atoms with van der Waals surface area (Å²) in [5.41, 5.74) is -0.396. The molecule has 0 aliphatic carbocycles. The second kappa shape index (κ2) is 7.04. The maximum Gasteiger partial charge on any atom is 0.416 e. The van der Waals surface area contributed by atoms with E-state index in [0.717, 1.165) is 31.6 Å². The van der Waals surface area contributed by atoms with Crippen molar-refractivity contribution >= 4 is 17.3 Å². The highest BCUT2D eigenvalue weighted by Crippen LogP contribution is 2.31. The van der Waals surface area contributed by atoms with Gasteiger partial charge >= 0.3 is 6.18 Å². The minimum atomic E-state index is -4.38. The van der Waals surface area contributed by atoms with Gasteiger partial charge in [-0.05, 0) is 31.0 Å². The first-order valence-corrected chi connectivity index (χ1v) is 7.62. The van der Waals surface area contributed by atoms with Crippen LogP contribution in [0.15, 0.2) is 36.7 Å². The predicted molar refractivity (Wildman–Crippen MR) is 84.2 cm³/mol. The summed E-state index contributed by atoms with van der Waals surface area (Å²) >= 11 is 0. The number of nitrogens with zero attached hydrogens (tertiary/aromatic N) is 2. The van der Waals surface area contributed by atoms with Crippen LogP contribution in [0.25, 0.3) is 0 Å². The Bertz CT molecular complexity index is 687. The molecule has 3 rings (SSSR count). The van der Waals surface area contributed by atoms with Gasteiger partial charge in [0.15, 0.2) is 0 Å². The molecule has 1 unspecified atom stereocenters. The molecule has 24 heavy (non-hydrogen) atoms. The normalized spacial score (nSPS) is 17.7. The minimum Gasteiger partial charge on any atom is -0.376 e. The van der Waals surface area contributed by atoms with Crippen molar-refractivity contribution in [2.45, 2.75) is 25.1 Å². The molecule has 128 valence electrons. The zero-order valence-corrected chi connectivity index (χ0v) is 12.8. The van der Waals surface area contributed by atoms with Crippen molar-refractivity contribution in [1.82, 2.24) is 9.97 Å². The van der Waals surface area contributed by atoms with E-state index < -0.39 is 11.7 Å². The van der Waals surface area contributed by atoms with Crippen LogP contribution in [-0.2, 0) is 10.9 Å². The van der Waals surface area contributed by atoms with Gasteiger partial charge in [0.25, 0.3) is 0 Å². The van der Waals surface area contributed by atoms with Crippen LogP contribution in [0.2, 0.25) is 0 Å². The lowest BCUT2D eigenvalue weighted by Gasteiger charge is -2.13. The number of benzene rings is 1. The molecule has 0 spiro atoms. The van der Waals surface area contributed by atoms with Crippen molar-refractivity contribution in [2.75, 3.05) is 23.8 Å². The first-order chi connectivity index (χ1) is 11.5. The molecule has 0 amide bonds. The first-order valence-electron chi connectivity index (χ1n) is 7.62. The number of alkyl halides is 3. The second-order valence-electron chi connectivity index (χ2n) is 5.51. The van der Waals surface area contributed by atoms with Gasteiger partial charge in [-0.2, -0.15) is 13.2 Å². The molecule has 1 atom stereocenters. The average Bonchev–Trinajstić information content (AvgIpc) is 3.06. The zero-order chi connectivity index (χ0) is 17.0. The number of anilines is 3. The lowest BCUT2D eigenvalue weighted by atomic mass is 10.2. The van der Waals surface area contributed by atoms with E-state index in [4.69, 9.17) is 4.74 Å². The van der Waals surface area contributed by atoms with E-state index in [1.165, 1.54) is 12.4 Å². The first kappa shape index (κ1) is 16.5. The standard InChI is InChI=1S/C16H17F3N4O/c17-16(18,19)11-3-1-4-12(7-11)23-15-8-14(21-10-22-15)20-9-13-5-2-6-24-13/h1,3-4,7-8,10,13H,2,5-6,9H2,(H2,20,21,22,23). The SMILES string of the molecule is FC(F)(F)c1cccc(Nc2cc(NCC3CCCO3)ncn2)c1. The minimum absolute atomic E-state index is 0.167. The van der Waals surface area contributed by atoms with Gasteiger partial charge in [0.2, 0.25) is 0 Å². The third kappa shape index (κ3) is 4.35. The Balaban J connectivity index is 1.66. The van der Waals surface area contributed by atoms with Crippen molar-refractivity contribution in [3.05, 3.63) is 42.2 Å². The average molecular weight is 338 g/mol. The van der Waals surface area contributed by atoms with Crippen LogP contribution in [0, 0.1) is 0 Å². The number of ether oxygens (including phenoxy) is 1. The third-order valence-electron chi connectivity index (χ3n) is 3.66. The second-order valence-corrected chi connectivity index (χ2v) is 5.51. The molecule has 0 saturated carbocycles. The maximum absolute atomic E-state index is 12.7. The number of hydrogen-bond donors (Lipinski definition) is 2. The molecule has 1 aromatic heterocycles. The molecule has 1 aliphatic heterocycles. The van der Waals surface area contributed by atoms with Gasteiger partial charge in [0, 0.05) is 24.9 Å². The molecule has 1 fully saturated rings. The van der Waals surface area contributed by atoms with E-state index in [2.05, 4.69) is 20.6 Å². The quantitative estimate of drug-likeness (QED) is 0.868. The Hall–Kier alpha value is -2.35. The highest BCUT2D eigenvalue weighted by molar-refractivity contribution is 5.59. The van der Waals surface area contributed by atoms with Gasteiger partial charge in [0.05, 0.1) is 11.7 Å². The third-order valence-corrected chi connectivity index (χ3v) is 3.66. The number of halogens is 3. The van der Waals surface area contributed by atoms with E-state index in [1.54, 1.807) is 12.1 Å².